The van der Waals surface area contributed by atoms with E-state index in [2.05, 4.69) is 153 Å². The maximum Gasteiger partial charge on any atom is 0.161 e. The van der Waals surface area contributed by atoms with Gasteiger partial charge in [-0.3, -0.25) is 0 Å². The minimum atomic E-state index is 0.652. The molecule has 4 heteroatoms. The monoisotopic (exact) mass is 704 g/mol. The number of furan rings is 2. The Morgan fingerprint density at radius 1 is 0.364 bits per heavy atom. The molecule has 0 aliphatic rings. The number of para-hydroxylation sites is 1. The second-order valence-electron chi connectivity index (χ2n) is 14.1. The molecule has 0 amide bonds. The van der Waals surface area contributed by atoms with Crippen molar-refractivity contribution in [2.75, 3.05) is 0 Å². The molecular formula is C51H32N2O2. The fourth-order valence-electron chi connectivity index (χ4n) is 8.22. The zero-order valence-corrected chi connectivity index (χ0v) is 30.0. The first-order chi connectivity index (χ1) is 27.2. The molecule has 0 aliphatic carbocycles. The van der Waals surface area contributed by atoms with Crippen LogP contribution in [-0.2, 0) is 0 Å². The van der Waals surface area contributed by atoms with Crippen molar-refractivity contribution >= 4 is 54.6 Å². The largest absolute Gasteiger partial charge is 0.456 e. The molecule has 0 fully saturated rings. The number of fused-ring (bicyclic) bond motifs is 8. The lowest BCUT2D eigenvalue weighted by atomic mass is 9.95. The Hall–Kier alpha value is -7.30. The van der Waals surface area contributed by atoms with Crippen molar-refractivity contribution in [3.05, 3.63) is 181 Å². The zero-order valence-electron chi connectivity index (χ0n) is 30.0. The first-order valence-corrected chi connectivity index (χ1v) is 18.6. The summed E-state index contributed by atoms with van der Waals surface area (Å²) in [6.07, 6.45) is 0. The van der Waals surface area contributed by atoms with Gasteiger partial charge in [0.05, 0.1) is 11.4 Å². The van der Waals surface area contributed by atoms with Crippen LogP contribution < -0.4 is 0 Å². The number of nitrogens with zero attached hydrogens (tertiary/aromatic N) is 2. The summed E-state index contributed by atoms with van der Waals surface area (Å²) in [5.74, 6) is 0.652. The number of hydrogen-bond donors (Lipinski definition) is 0. The number of rotatable bonds is 5. The molecule has 258 valence electrons. The molecule has 0 unspecified atom stereocenters. The molecule has 0 aliphatic heterocycles. The average molecular weight is 705 g/mol. The van der Waals surface area contributed by atoms with Crippen molar-refractivity contribution < 1.29 is 8.83 Å². The third-order valence-corrected chi connectivity index (χ3v) is 10.9. The van der Waals surface area contributed by atoms with Crippen LogP contribution in [0.2, 0.25) is 0 Å². The highest BCUT2D eigenvalue weighted by Crippen LogP contribution is 2.43. The van der Waals surface area contributed by atoms with Gasteiger partial charge in [-0.15, -0.1) is 0 Å². The van der Waals surface area contributed by atoms with Gasteiger partial charge in [-0.05, 0) is 71.0 Å². The lowest BCUT2D eigenvalue weighted by Gasteiger charge is -2.16. The fraction of sp³-hybridized carbons (Fsp3) is 0.0196. The van der Waals surface area contributed by atoms with E-state index in [0.717, 1.165) is 111 Å². The van der Waals surface area contributed by atoms with E-state index < -0.39 is 0 Å². The summed E-state index contributed by atoms with van der Waals surface area (Å²) in [7, 11) is 0. The molecule has 0 radical (unpaired) electrons. The second-order valence-corrected chi connectivity index (χ2v) is 14.1. The molecule has 8 aromatic carbocycles. The number of hydrogen-bond acceptors (Lipinski definition) is 4. The van der Waals surface area contributed by atoms with Crippen LogP contribution >= 0.6 is 0 Å². The Labute approximate surface area is 317 Å². The third-order valence-electron chi connectivity index (χ3n) is 10.9. The van der Waals surface area contributed by atoms with Crippen molar-refractivity contribution in [2.24, 2.45) is 0 Å². The number of aromatic nitrogens is 2. The third kappa shape index (κ3) is 5.07. The molecule has 0 bridgehead atoms. The molecule has 0 saturated carbocycles. The van der Waals surface area contributed by atoms with Gasteiger partial charge in [0.1, 0.15) is 22.3 Å². The van der Waals surface area contributed by atoms with Crippen LogP contribution in [0.3, 0.4) is 0 Å². The summed E-state index contributed by atoms with van der Waals surface area (Å²) >= 11 is 0. The minimum absolute atomic E-state index is 0.652. The molecule has 55 heavy (non-hydrogen) atoms. The molecule has 11 aromatic rings. The highest BCUT2D eigenvalue weighted by Gasteiger charge is 2.23. The van der Waals surface area contributed by atoms with Gasteiger partial charge in [0.25, 0.3) is 0 Å². The molecule has 3 aromatic heterocycles. The average Bonchev–Trinajstić information content (AvgIpc) is 3.83. The molecule has 4 nitrogen and oxygen atoms in total. The Kier molecular flexibility index (Phi) is 7.04. The van der Waals surface area contributed by atoms with Crippen molar-refractivity contribution in [1.29, 1.82) is 0 Å². The Morgan fingerprint density at radius 2 is 0.982 bits per heavy atom. The zero-order chi connectivity index (χ0) is 36.5. The van der Waals surface area contributed by atoms with Crippen molar-refractivity contribution in [3.63, 3.8) is 0 Å². The summed E-state index contributed by atoms with van der Waals surface area (Å²) in [5, 5.41) is 6.25. The summed E-state index contributed by atoms with van der Waals surface area (Å²) in [6.45, 7) is 2.14. The quantitative estimate of drug-likeness (QED) is 0.179. The maximum absolute atomic E-state index is 6.71. The molecule has 0 saturated heterocycles. The van der Waals surface area contributed by atoms with Gasteiger partial charge in [-0.25, -0.2) is 9.97 Å². The Balaban J connectivity index is 1.20. The molecule has 3 heterocycles. The summed E-state index contributed by atoms with van der Waals surface area (Å²) < 4.78 is 13.1. The Bertz CT molecular complexity index is 3270. The van der Waals surface area contributed by atoms with Gasteiger partial charge in [0.2, 0.25) is 0 Å². The summed E-state index contributed by atoms with van der Waals surface area (Å²) in [6, 6.07) is 61.2. The van der Waals surface area contributed by atoms with Crippen LogP contribution in [0.4, 0.5) is 0 Å². The molecular weight excluding hydrogens is 673 g/mol. The summed E-state index contributed by atoms with van der Waals surface area (Å²) in [5.41, 5.74) is 13.7. The van der Waals surface area contributed by atoms with E-state index >= 15 is 0 Å². The van der Waals surface area contributed by atoms with E-state index in [4.69, 9.17) is 18.8 Å². The lowest BCUT2D eigenvalue weighted by Crippen LogP contribution is -2.01. The van der Waals surface area contributed by atoms with Crippen LogP contribution in [0.15, 0.2) is 185 Å². The van der Waals surface area contributed by atoms with Gasteiger partial charge < -0.3 is 8.83 Å². The van der Waals surface area contributed by atoms with Crippen LogP contribution in [0.1, 0.15) is 5.56 Å². The maximum atomic E-state index is 6.71. The van der Waals surface area contributed by atoms with Gasteiger partial charge >= 0.3 is 0 Å². The standard InChI is InChI=1S/C51H32N2O2/c1-31-48(36-19-12-18-34(28-36)32-14-4-2-5-15-32)52-51(53-49(31)41-23-13-25-45-47(41)40-22-10-11-24-44(40)54-45)43-30-42-38-27-26-35(33-16-6-3-7-17-33)29-46(38)55-50(42)39-21-9-8-20-37(39)43/h2-30H,1H3. The topological polar surface area (TPSA) is 52.1 Å². The highest BCUT2D eigenvalue weighted by molar-refractivity contribution is 6.19. The van der Waals surface area contributed by atoms with Crippen molar-refractivity contribution in [2.45, 2.75) is 6.92 Å². The predicted octanol–water partition coefficient (Wildman–Crippen LogP) is 14.1. The van der Waals surface area contributed by atoms with Crippen LogP contribution in [-0.4, -0.2) is 9.97 Å². The van der Waals surface area contributed by atoms with E-state index in [1.54, 1.807) is 0 Å². The highest BCUT2D eigenvalue weighted by atomic mass is 16.3. The van der Waals surface area contributed by atoms with Gasteiger partial charge in [0, 0.05) is 49.2 Å². The van der Waals surface area contributed by atoms with Gasteiger partial charge in [-0.1, -0.05) is 140 Å². The van der Waals surface area contributed by atoms with Crippen molar-refractivity contribution in [3.8, 4) is 56.2 Å². The van der Waals surface area contributed by atoms with Gasteiger partial charge in [-0.2, -0.15) is 0 Å². The van der Waals surface area contributed by atoms with E-state index in [0.29, 0.717) is 5.82 Å². The van der Waals surface area contributed by atoms with E-state index in [1.807, 2.05) is 30.3 Å². The SMILES string of the molecule is Cc1c(-c2cccc(-c3ccccc3)c2)nc(-c2cc3c4ccc(-c5ccccc5)cc4oc3c3ccccc23)nc1-c1cccc2oc3ccccc3c12. The van der Waals surface area contributed by atoms with Crippen LogP contribution in [0.25, 0.3) is 111 Å². The summed E-state index contributed by atoms with van der Waals surface area (Å²) in [4.78, 5) is 11.0. The second kappa shape index (κ2) is 12.4. The molecule has 0 atom stereocenters. The molecule has 11 rings (SSSR count). The van der Waals surface area contributed by atoms with E-state index in [9.17, 15) is 0 Å². The Morgan fingerprint density at radius 3 is 1.78 bits per heavy atom. The first-order valence-electron chi connectivity index (χ1n) is 18.6. The predicted molar refractivity (Wildman–Crippen MR) is 226 cm³/mol. The smallest absolute Gasteiger partial charge is 0.161 e. The number of benzene rings is 8. The van der Waals surface area contributed by atoms with Crippen LogP contribution in [0, 0.1) is 6.92 Å². The van der Waals surface area contributed by atoms with Crippen LogP contribution in [0.5, 0.6) is 0 Å². The molecule has 0 spiro atoms. The first kappa shape index (κ1) is 31.2. The normalized spacial score (nSPS) is 11.7. The van der Waals surface area contributed by atoms with E-state index in [1.165, 1.54) is 0 Å². The minimum Gasteiger partial charge on any atom is -0.456 e. The lowest BCUT2D eigenvalue weighted by molar-refractivity contribution is 0.669. The van der Waals surface area contributed by atoms with Crippen molar-refractivity contribution in [1.82, 2.24) is 9.97 Å². The van der Waals surface area contributed by atoms with E-state index in [-0.39, 0.29) is 0 Å². The fourth-order valence-corrected chi connectivity index (χ4v) is 8.22. The van der Waals surface area contributed by atoms with Gasteiger partial charge in [0.15, 0.2) is 5.82 Å². The molecule has 0 N–H and O–H groups in total.